The Labute approximate surface area is 143 Å². The molecule has 3 nitrogen and oxygen atoms in total. The van der Waals surface area contributed by atoms with E-state index in [1.165, 1.54) is 0 Å². The molecular formula is C15H18BrCl2N3. The molecule has 114 valence electrons. The number of rotatable bonds is 5. The first-order valence-electron chi connectivity index (χ1n) is 6.83. The van der Waals surface area contributed by atoms with Crippen molar-refractivity contribution in [1.29, 1.82) is 0 Å². The molecule has 0 aliphatic carbocycles. The van der Waals surface area contributed by atoms with Crippen molar-refractivity contribution in [1.82, 2.24) is 9.78 Å². The lowest BCUT2D eigenvalue weighted by Gasteiger charge is -2.14. The van der Waals surface area contributed by atoms with Gasteiger partial charge in [-0.2, -0.15) is 5.10 Å². The molecule has 0 amide bonds. The molecule has 2 aromatic rings. The van der Waals surface area contributed by atoms with Gasteiger partial charge in [0.25, 0.3) is 0 Å². The van der Waals surface area contributed by atoms with Crippen LogP contribution in [-0.2, 0) is 19.4 Å². The molecule has 21 heavy (non-hydrogen) atoms. The lowest BCUT2D eigenvalue weighted by Crippen LogP contribution is -2.27. The Hall–Kier alpha value is -0.550. The number of halogens is 3. The van der Waals surface area contributed by atoms with Gasteiger partial charge in [-0.05, 0) is 53.9 Å². The van der Waals surface area contributed by atoms with Crippen molar-refractivity contribution in [3.8, 4) is 0 Å². The molecule has 0 bridgehead atoms. The molecule has 1 aromatic heterocycles. The highest BCUT2D eigenvalue weighted by atomic mass is 79.9. The van der Waals surface area contributed by atoms with Gasteiger partial charge in [-0.25, -0.2) is 0 Å². The van der Waals surface area contributed by atoms with Crippen molar-refractivity contribution in [3.63, 3.8) is 0 Å². The molecule has 1 unspecified atom stereocenters. The summed E-state index contributed by atoms with van der Waals surface area (Å²) in [4.78, 5) is 0. The zero-order chi connectivity index (χ0) is 15.6. The first-order chi connectivity index (χ1) is 9.92. The Bertz CT molecular complexity index is 640. The predicted molar refractivity (Wildman–Crippen MR) is 92.2 cm³/mol. The fourth-order valence-electron chi connectivity index (χ4n) is 2.35. The van der Waals surface area contributed by atoms with Gasteiger partial charge in [0.15, 0.2) is 0 Å². The monoisotopic (exact) mass is 389 g/mol. The summed E-state index contributed by atoms with van der Waals surface area (Å²) >= 11 is 15.6. The second-order valence-corrected chi connectivity index (χ2v) is 6.69. The van der Waals surface area contributed by atoms with Crippen LogP contribution >= 0.6 is 39.1 Å². The molecule has 0 aliphatic rings. The zero-order valence-electron chi connectivity index (χ0n) is 12.0. The average molecular weight is 391 g/mol. The van der Waals surface area contributed by atoms with Crippen LogP contribution in [0.5, 0.6) is 0 Å². The van der Waals surface area contributed by atoms with Crippen LogP contribution in [0.1, 0.15) is 23.9 Å². The molecule has 0 radical (unpaired) electrons. The predicted octanol–water partition coefficient (Wildman–Crippen LogP) is 4.39. The van der Waals surface area contributed by atoms with Crippen LogP contribution in [0.25, 0.3) is 0 Å². The van der Waals surface area contributed by atoms with Crippen molar-refractivity contribution in [2.75, 3.05) is 0 Å². The molecule has 6 heteroatoms. The largest absolute Gasteiger partial charge is 0.327 e. The summed E-state index contributed by atoms with van der Waals surface area (Å²) in [5, 5.41) is 5.62. The van der Waals surface area contributed by atoms with Crippen molar-refractivity contribution in [2.24, 2.45) is 5.73 Å². The smallest absolute Gasteiger partial charge is 0.0738 e. The second-order valence-electron chi connectivity index (χ2n) is 5.08. The number of aryl methyl sites for hydroxylation is 2. The maximum absolute atomic E-state index is 6.29. The summed E-state index contributed by atoms with van der Waals surface area (Å²) in [6.45, 7) is 4.90. The van der Waals surface area contributed by atoms with Crippen LogP contribution in [0.3, 0.4) is 0 Å². The molecule has 1 aromatic carbocycles. The fourth-order valence-corrected chi connectivity index (χ4v) is 3.12. The van der Waals surface area contributed by atoms with Crippen molar-refractivity contribution >= 4 is 39.1 Å². The number of benzene rings is 1. The van der Waals surface area contributed by atoms with Gasteiger partial charge in [-0.1, -0.05) is 29.3 Å². The van der Waals surface area contributed by atoms with E-state index in [1.54, 1.807) is 0 Å². The van der Waals surface area contributed by atoms with Gasteiger partial charge in [0.1, 0.15) is 0 Å². The Balaban J connectivity index is 2.11. The number of nitrogens with two attached hydrogens (primary N) is 1. The Morgan fingerprint density at radius 1 is 1.29 bits per heavy atom. The van der Waals surface area contributed by atoms with E-state index in [0.717, 1.165) is 40.8 Å². The first kappa shape index (κ1) is 16.8. The zero-order valence-corrected chi connectivity index (χ0v) is 15.1. The Morgan fingerprint density at radius 2 is 2.00 bits per heavy atom. The van der Waals surface area contributed by atoms with Gasteiger partial charge in [0.2, 0.25) is 0 Å². The van der Waals surface area contributed by atoms with Crippen LogP contribution < -0.4 is 5.73 Å². The molecule has 0 fully saturated rings. The number of aromatic nitrogens is 2. The summed E-state index contributed by atoms with van der Waals surface area (Å²) in [5.74, 6) is 0. The highest BCUT2D eigenvalue weighted by Gasteiger charge is 2.16. The number of hydrogen-bond acceptors (Lipinski definition) is 2. The van der Waals surface area contributed by atoms with Gasteiger partial charge in [0.05, 0.1) is 25.9 Å². The van der Waals surface area contributed by atoms with Gasteiger partial charge in [-0.15, -0.1) is 0 Å². The van der Waals surface area contributed by atoms with Crippen LogP contribution in [-0.4, -0.2) is 15.8 Å². The van der Waals surface area contributed by atoms with E-state index in [9.17, 15) is 0 Å². The summed E-state index contributed by atoms with van der Waals surface area (Å²) < 4.78 is 3.04. The molecule has 1 heterocycles. The third-order valence-electron chi connectivity index (χ3n) is 3.39. The summed E-state index contributed by atoms with van der Waals surface area (Å²) in [6, 6.07) is 5.65. The van der Waals surface area contributed by atoms with Crippen LogP contribution in [0.2, 0.25) is 10.0 Å². The van der Waals surface area contributed by atoms with Crippen LogP contribution in [0.4, 0.5) is 0 Å². The quantitative estimate of drug-likeness (QED) is 0.822. The lowest BCUT2D eigenvalue weighted by atomic mass is 10.0. The summed E-state index contributed by atoms with van der Waals surface area (Å²) in [5.41, 5.74) is 9.52. The minimum absolute atomic E-state index is 0.0000535. The third kappa shape index (κ3) is 4.01. The first-order valence-corrected chi connectivity index (χ1v) is 8.38. The molecule has 2 rings (SSSR count). The van der Waals surface area contributed by atoms with Gasteiger partial charge in [0, 0.05) is 19.0 Å². The van der Waals surface area contributed by atoms with Crippen molar-refractivity contribution in [2.45, 2.75) is 39.3 Å². The minimum Gasteiger partial charge on any atom is -0.327 e. The van der Waals surface area contributed by atoms with Gasteiger partial charge >= 0.3 is 0 Å². The van der Waals surface area contributed by atoms with Crippen molar-refractivity contribution < 1.29 is 0 Å². The highest BCUT2D eigenvalue weighted by molar-refractivity contribution is 9.10. The van der Waals surface area contributed by atoms with E-state index in [-0.39, 0.29) is 6.04 Å². The third-order valence-corrected chi connectivity index (χ3v) is 5.16. The van der Waals surface area contributed by atoms with Gasteiger partial charge in [-0.3, -0.25) is 4.68 Å². The molecule has 0 saturated carbocycles. The second kappa shape index (κ2) is 7.14. The van der Waals surface area contributed by atoms with E-state index < -0.39 is 0 Å². The molecule has 2 N–H and O–H groups in total. The van der Waals surface area contributed by atoms with E-state index in [4.69, 9.17) is 28.9 Å². The van der Waals surface area contributed by atoms with Gasteiger partial charge < -0.3 is 5.73 Å². The average Bonchev–Trinajstić information content (AvgIpc) is 2.70. The maximum atomic E-state index is 6.29. The van der Waals surface area contributed by atoms with Crippen LogP contribution in [0, 0.1) is 6.92 Å². The number of nitrogens with zero attached hydrogens (tertiary/aromatic N) is 2. The number of hydrogen-bond donors (Lipinski definition) is 1. The molecule has 0 spiro atoms. The molecular weight excluding hydrogens is 373 g/mol. The van der Waals surface area contributed by atoms with E-state index >= 15 is 0 Å². The van der Waals surface area contributed by atoms with Crippen molar-refractivity contribution in [3.05, 3.63) is 49.7 Å². The standard InChI is InChI=1S/C15H18BrCl2N3/c1-3-21-14(15(16)9(2)20-21)8-11(19)6-10-4-5-12(17)13(18)7-10/h4-5,7,11H,3,6,8,19H2,1-2H3. The molecule has 0 aliphatic heterocycles. The SMILES string of the molecule is CCn1nc(C)c(Br)c1CC(N)Cc1ccc(Cl)c(Cl)c1. The summed E-state index contributed by atoms with van der Waals surface area (Å²) in [7, 11) is 0. The Kier molecular flexibility index (Phi) is 5.72. The Morgan fingerprint density at radius 3 is 2.62 bits per heavy atom. The molecule has 0 saturated heterocycles. The molecule has 1 atom stereocenters. The highest BCUT2D eigenvalue weighted by Crippen LogP contribution is 2.25. The fraction of sp³-hybridized carbons (Fsp3) is 0.400. The minimum atomic E-state index is -0.0000535. The summed E-state index contributed by atoms with van der Waals surface area (Å²) in [6.07, 6.45) is 1.51. The van der Waals surface area contributed by atoms with Crippen LogP contribution in [0.15, 0.2) is 22.7 Å². The topological polar surface area (TPSA) is 43.8 Å². The van der Waals surface area contributed by atoms with E-state index in [0.29, 0.717) is 10.0 Å². The lowest BCUT2D eigenvalue weighted by molar-refractivity contribution is 0.573. The normalized spacial score (nSPS) is 12.7. The maximum Gasteiger partial charge on any atom is 0.0738 e. The van der Waals surface area contributed by atoms with E-state index in [2.05, 4.69) is 28.0 Å². The van der Waals surface area contributed by atoms with E-state index in [1.807, 2.05) is 29.8 Å².